The number of hydrogen-bond donors (Lipinski definition) is 0. The molecule has 1 aliphatic rings. The van der Waals surface area contributed by atoms with Gasteiger partial charge in [0, 0.05) is 11.5 Å². The van der Waals surface area contributed by atoms with Crippen molar-refractivity contribution in [2.45, 2.75) is 78.4 Å². The van der Waals surface area contributed by atoms with Crippen molar-refractivity contribution in [1.82, 2.24) is 9.78 Å². The number of benzene rings is 2. The van der Waals surface area contributed by atoms with Crippen molar-refractivity contribution in [3.63, 3.8) is 0 Å². The molecule has 0 spiro atoms. The second-order valence-corrected chi connectivity index (χ2v) is 10.2. The Balaban J connectivity index is 0.000000658. The third-order valence-electron chi connectivity index (χ3n) is 6.33. The van der Waals surface area contributed by atoms with E-state index < -0.39 is 7.25 Å². The fourth-order valence-electron chi connectivity index (χ4n) is 4.49. The van der Waals surface area contributed by atoms with Gasteiger partial charge in [0.05, 0.1) is 6.61 Å². The summed E-state index contributed by atoms with van der Waals surface area (Å²) in [5, 5.41) is 5.03. The van der Waals surface area contributed by atoms with Gasteiger partial charge in [0.2, 0.25) is 6.33 Å². The van der Waals surface area contributed by atoms with E-state index in [9.17, 15) is 17.3 Å². The second-order valence-electron chi connectivity index (χ2n) is 10.2. The molecule has 4 nitrogen and oxygen atoms in total. The summed E-state index contributed by atoms with van der Waals surface area (Å²) in [6.45, 7) is 15.0. The SMILES string of the molecule is CC(C)c1cc(C(C)C)c(-n2c[n+]3c(n2)COC[C@H]3Cc2ccccc2)c(C(C)C)c1.F[B-](F)(F)F. The van der Waals surface area contributed by atoms with Gasteiger partial charge in [0.25, 0.3) is 0 Å². The van der Waals surface area contributed by atoms with Crippen LogP contribution in [0.15, 0.2) is 48.8 Å². The molecule has 196 valence electrons. The zero-order valence-electron chi connectivity index (χ0n) is 21.9. The zero-order valence-corrected chi connectivity index (χ0v) is 21.9. The largest absolute Gasteiger partial charge is 0.673 e. The highest BCUT2D eigenvalue weighted by Crippen LogP contribution is 2.34. The van der Waals surface area contributed by atoms with Crippen molar-refractivity contribution in [1.29, 1.82) is 0 Å². The van der Waals surface area contributed by atoms with Crippen LogP contribution in [0.3, 0.4) is 0 Å². The average Bonchev–Trinajstić information content (AvgIpc) is 3.22. The lowest BCUT2D eigenvalue weighted by atomic mass is 9.87. The third kappa shape index (κ3) is 7.18. The van der Waals surface area contributed by atoms with Gasteiger partial charge in [-0.05, 0) is 40.0 Å². The molecule has 0 aliphatic carbocycles. The molecule has 0 radical (unpaired) electrons. The van der Waals surface area contributed by atoms with E-state index >= 15 is 0 Å². The van der Waals surface area contributed by atoms with Gasteiger partial charge in [0.15, 0.2) is 0 Å². The molecular formula is C27H36BF4N3O. The van der Waals surface area contributed by atoms with Crippen LogP contribution in [0.1, 0.15) is 93.4 Å². The Morgan fingerprint density at radius 3 is 2.00 bits per heavy atom. The summed E-state index contributed by atoms with van der Waals surface area (Å²) in [4.78, 5) is 0. The molecule has 0 bridgehead atoms. The van der Waals surface area contributed by atoms with Crippen LogP contribution in [-0.4, -0.2) is 23.6 Å². The molecule has 0 fully saturated rings. The number of aromatic nitrogens is 3. The van der Waals surface area contributed by atoms with Gasteiger partial charge in [-0.2, -0.15) is 0 Å². The highest BCUT2D eigenvalue weighted by molar-refractivity contribution is 6.50. The van der Waals surface area contributed by atoms with Crippen molar-refractivity contribution in [2.24, 2.45) is 0 Å². The molecule has 2 heterocycles. The fraction of sp³-hybridized carbons (Fsp3) is 0.481. The third-order valence-corrected chi connectivity index (χ3v) is 6.33. The summed E-state index contributed by atoms with van der Waals surface area (Å²) >= 11 is 0. The number of nitrogens with zero attached hydrogens (tertiary/aromatic N) is 3. The maximum absolute atomic E-state index is 9.75. The van der Waals surface area contributed by atoms with Gasteiger partial charge < -0.3 is 22.0 Å². The van der Waals surface area contributed by atoms with Gasteiger partial charge in [0.1, 0.15) is 18.3 Å². The Bertz CT molecular complexity index is 1110. The predicted octanol–water partition coefficient (Wildman–Crippen LogP) is 7.14. The second kappa shape index (κ2) is 11.6. The lowest BCUT2D eigenvalue weighted by molar-refractivity contribution is -0.742. The maximum Gasteiger partial charge on any atom is 0.673 e. The molecule has 0 saturated heterocycles. The summed E-state index contributed by atoms with van der Waals surface area (Å²) in [7, 11) is -6.00. The molecule has 1 aromatic heterocycles. The molecule has 36 heavy (non-hydrogen) atoms. The molecule has 0 saturated carbocycles. The summed E-state index contributed by atoms with van der Waals surface area (Å²) < 4.78 is 49.4. The number of ether oxygens (including phenoxy) is 1. The first-order chi connectivity index (χ1) is 16.8. The Hall–Kier alpha value is -2.68. The predicted molar refractivity (Wildman–Crippen MR) is 135 cm³/mol. The molecule has 0 N–H and O–H groups in total. The van der Waals surface area contributed by atoms with Gasteiger partial charge in [-0.25, -0.2) is 4.57 Å². The first-order valence-electron chi connectivity index (χ1n) is 12.5. The Kier molecular flexibility index (Phi) is 8.98. The Morgan fingerprint density at radius 1 is 0.944 bits per heavy atom. The van der Waals surface area contributed by atoms with Gasteiger partial charge in [-0.15, -0.1) is 0 Å². The summed E-state index contributed by atoms with van der Waals surface area (Å²) in [6.07, 6.45) is 3.15. The lowest BCUT2D eigenvalue weighted by Gasteiger charge is -2.20. The topological polar surface area (TPSA) is 30.9 Å². The first kappa shape index (κ1) is 27.9. The molecule has 0 amide bonds. The average molecular weight is 505 g/mol. The van der Waals surface area contributed by atoms with E-state index in [1.165, 1.54) is 27.9 Å². The smallest absolute Gasteiger partial charge is 0.418 e. The standard InChI is InChI=1S/C27H36N3O.BF4/c1-18(2)22-13-24(19(3)4)27(25(14-22)20(5)6)30-17-29-23(15-31-16-26(29)28-30)12-21-10-8-7-9-11-21;2-1(3,4)5/h7-11,13-14,17-20,23H,12,15-16H2,1-6H3;/q+1;-1/t23-;/m1./s1. The molecule has 3 aromatic rings. The van der Waals surface area contributed by atoms with Gasteiger partial charge >= 0.3 is 13.1 Å². The fourth-order valence-corrected chi connectivity index (χ4v) is 4.49. The normalized spacial score (nSPS) is 15.8. The van der Waals surface area contributed by atoms with E-state index in [0.717, 1.165) is 18.9 Å². The monoisotopic (exact) mass is 505 g/mol. The minimum atomic E-state index is -6.00. The van der Waals surface area contributed by atoms with Crippen LogP contribution in [0.4, 0.5) is 17.3 Å². The first-order valence-corrected chi connectivity index (χ1v) is 12.5. The van der Waals surface area contributed by atoms with Crippen LogP contribution in [0.5, 0.6) is 0 Å². The van der Waals surface area contributed by atoms with E-state index in [0.29, 0.717) is 24.4 Å². The van der Waals surface area contributed by atoms with Gasteiger partial charge in [-0.1, -0.05) is 88.7 Å². The van der Waals surface area contributed by atoms with Crippen LogP contribution >= 0.6 is 0 Å². The molecule has 0 unspecified atom stereocenters. The highest BCUT2D eigenvalue weighted by atomic mass is 19.5. The summed E-state index contributed by atoms with van der Waals surface area (Å²) in [5.41, 5.74) is 6.73. The summed E-state index contributed by atoms with van der Waals surface area (Å²) in [6, 6.07) is 15.7. The van der Waals surface area contributed by atoms with Crippen molar-refractivity contribution < 1.29 is 26.6 Å². The molecule has 9 heteroatoms. The van der Waals surface area contributed by atoms with Crippen molar-refractivity contribution >= 4 is 7.25 Å². The minimum Gasteiger partial charge on any atom is -0.418 e. The molecule has 2 aromatic carbocycles. The van der Waals surface area contributed by atoms with E-state index in [2.05, 4.69) is 99.6 Å². The van der Waals surface area contributed by atoms with Crippen molar-refractivity contribution in [3.05, 3.63) is 76.9 Å². The summed E-state index contributed by atoms with van der Waals surface area (Å²) in [5.74, 6) is 2.36. The molecule has 4 rings (SSSR count). The molecular weight excluding hydrogens is 469 g/mol. The quantitative estimate of drug-likeness (QED) is 0.203. The number of hydrogen-bond acceptors (Lipinski definition) is 2. The van der Waals surface area contributed by atoms with Crippen LogP contribution < -0.4 is 4.57 Å². The van der Waals surface area contributed by atoms with Crippen molar-refractivity contribution in [3.8, 4) is 5.69 Å². The number of fused-ring (bicyclic) bond motifs is 1. The van der Waals surface area contributed by atoms with E-state index in [1.807, 2.05) is 0 Å². The molecule has 1 atom stereocenters. The van der Waals surface area contributed by atoms with Crippen LogP contribution in [0.2, 0.25) is 0 Å². The number of halogens is 4. The van der Waals surface area contributed by atoms with E-state index in [1.54, 1.807) is 0 Å². The highest BCUT2D eigenvalue weighted by Gasteiger charge is 2.32. The zero-order chi connectivity index (χ0) is 26.6. The maximum atomic E-state index is 9.75. The van der Waals surface area contributed by atoms with Crippen LogP contribution in [0.25, 0.3) is 5.69 Å². The number of rotatable bonds is 6. The van der Waals surface area contributed by atoms with Crippen molar-refractivity contribution in [2.75, 3.05) is 6.61 Å². The lowest BCUT2D eigenvalue weighted by Crippen LogP contribution is -2.48. The minimum absolute atomic E-state index is 0.264. The van der Waals surface area contributed by atoms with E-state index in [4.69, 9.17) is 9.84 Å². The molecule has 1 aliphatic heterocycles. The van der Waals surface area contributed by atoms with E-state index in [-0.39, 0.29) is 6.04 Å². The van der Waals surface area contributed by atoms with Gasteiger partial charge in [-0.3, -0.25) is 0 Å². The van der Waals surface area contributed by atoms with Crippen LogP contribution in [0, 0.1) is 0 Å². The Labute approximate surface area is 211 Å². The Morgan fingerprint density at radius 2 is 1.50 bits per heavy atom. The van der Waals surface area contributed by atoms with Crippen LogP contribution in [-0.2, 0) is 17.8 Å².